The summed E-state index contributed by atoms with van der Waals surface area (Å²) in [5.74, 6) is -0.851. The molecule has 0 radical (unpaired) electrons. The van der Waals surface area contributed by atoms with Gasteiger partial charge < -0.3 is 21.1 Å². The van der Waals surface area contributed by atoms with Crippen LogP contribution in [0.1, 0.15) is 13.9 Å². The zero-order chi connectivity index (χ0) is 29.7. The van der Waals surface area contributed by atoms with E-state index in [-0.39, 0.29) is 138 Å². The standard InChI is InChI=1S/C13H7ClFNO.C13H6ClNO.CH3F.CH2O3.2K.H/c14-11-6-2-5-10(13(11)17)9-4-1-3-8(7-16)12(9)15;14-11-6-2-5-10-9-4-1-3-8(7-15)12(9)16-13(10)11;1-2;2-1-4-3;;;/h1-6,17H;1-6H;1H3;1,3H;;;/q;;;;2*+1;-1/p-1/i;;1D;;;;. The Morgan fingerprint density at radius 2 is 1.39 bits per heavy atom. The number of halogens is 4. The first-order valence-corrected chi connectivity index (χ1v) is 11.3. The van der Waals surface area contributed by atoms with Gasteiger partial charge >= 0.3 is 103 Å². The summed E-state index contributed by atoms with van der Waals surface area (Å²) < 4.78 is 35.0. The number of carbonyl (C=O) groups is 1. The minimum atomic E-state index is -1.00. The number of hydrogen-bond donors (Lipinski definition) is 1. The van der Waals surface area contributed by atoms with E-state index >= 15 is 0 Å². The van der Waals surface area contributed by atoms with Crippen LogP contribution >= 0.6 is 23.2 Å². The Bertz CT molecular complexity index is 1720. The van der Waals surface area contributed by atoms with Gasteiger partial charge in [0.2, 0.25) is 0 Å². The molecule has 0 fully saturated rings. The fraction of sp³-hybridized carbons (Fsp3) is 0.0357. The molecule has 41 heavy (non-hydrogen) atoms. The first-order chi connectivity index (χ1) is 19.3. The minimum absolute atomic E-state index is 0. The second-order valence-corrected chi connectivity index (χ2v) is 7.93. The predicted molar refractivity (Wildman–Crippen MR) is 142 cm³/mol. The number of nitrogens with zero attached hydrogens (tertiary/aromatic N) is 2. The van der Waals surface area contributed by atoms with E-state index in [2.05, 4.69) is 11.0 Å². The predicted octanol–water partition coefficient (Wildman–Crippen LogP) is 0.975. The number of hydrogen-bond acceptors (Lipinski definition) is 7. The van der Waals surface area contributed by atoms with E-state index in [1.807, 2.05) is 24.3 Å². The molecule has 0 aliphatic rings. The molecule has 13 heteroatoms. The molecule has 0 aliphatic carbocycles. The topological polar surface area (TPSA) is 130 Å². The Kier molecular flexibility index (Phi) is 18.8. The van der Waals surface area contributed by atoms with E-state index in [1.165, 1.54) is 18.2 Å². The second kappa shape index (κ2) is 20.5. The number of carbonyl (C=O) groups excluding carboxylic acids is 1. The third kappa shape index (κ3) is 10.1. The van der Waals surface area contributed by atoms with Crippen molar-refractivity contribution in [1.82, 2.24) is 0 Å². The molecule has 0 saturated carbocycles. The van der Waals surface area contributed by atoms with Crippen LogP contribution in [-0.2, 0) is 9.68 Å². The van der Waals surface area contributed by atoms with Gasteiger partial charge in [-0.3, -0.25) is 9.18 Å². The number of alkyl halides is 1. The van der Waals surface area contributed by atoms with Gasteiger partial charge in [-0.05, 0) is 24.3 Å². The van der Waals surface area contributed by atoms with Crippen molar-refractivity contribution in [2.24, 2.45) is 0 Å². The maximum Gasteiger partial charge on any atom is 1.00 e. The van der Waals surface area contributed by atoms with Crippen molar-refractivity contribution in [3.63, 3.8) is 0 Å². The molecule has 0 saturated heterocycles. The number of fused-ring (bicyclic) bond motifs is 3. The number of phenolic OH excluding ortho intramolecular Hbond substituents is 1. The minimum Gasteiger partial charge on any atom is -1.00 e. The van der Waals surface area contributed by atoms with Crippen LogP contribution in [0.3, 0.4) is 0 Å². The molecule has 0 amide bonds. The van der Waals surface area contributed by atoms with E-state index in [4.69, 9.17) is 49.6 Å². The molecule has 0 bridgehead atoms. The Morgan fingerprint density at radius 1 is 0.927 bits per heavy atom. The van der Waals surface area contributed by atoms with E-state index in [9.17, 15) is 13.9 Å². The first-order valence-electron chi connectivity index (χ1n) is 11.2. The molecule has 0 unspecified atom stereocenters. The SMILES string of the molecule is N#Cc1cccc(-c2cccc(Cl)c2O)c1F.N#Cc1cccc2c1oc1c(Cl)cccc12.O=CO[O-].[2H]CF.[H-].[K+].[K+]. The zero-order valence-electron chi connectivity index (χ0n) is 23.7. The third-order valence-electron chi connectivity index (χ3n) is 5.03. The van der Waals surface area contributed by atoms with E-state index in [1.54, 1.807) is 36.4 Å². The molecule has 0 atom stereocenters. The van der Waals surface area contributed by atoms with E-state index in [0.717, 1.165) is 10.8 Å². The Balaban J connectivity index is 0. The van der Waals surface area contributed by atoms with Crippen molar-refractivity contribution in [2.45, 2.75) is 0 Å². The van der Waals surface area contributed by atoms with Crippen molar-refractivity contribution in [3.05, 3.63) is 99.8 Å². The molecule has 0 spiro atoms. The number of para-hydroxylation sites is 3. The first kappa shape index (κ1) is 37.6. The second-order valence-electron chi connectivity index (χ2n) is 7.12. The average Bonchev–Trinajstić information content (AvgIpc) is 3.36. The fourth-order valence-corrected chi connectivity index (χ4v) is 3.82. The van der Waals surface area contributed by atoms with Crippen LogP contribution in [0.5, 0.6) is 5.75 Å². The third-order valence-corrected chi connectivity index (χ3v) is 5.63. The van der Waals surface area contributed by atoms with Gasteiger partial charge in [0.1, 0.15) is 23.7 Å². The number of phenols is 1. The van der Waals surface area contributed by atoms with Crippen LogP contribution in [-0.4, -0.2) is 18.7 Å². The average molecular weight is 651 g/mol. The molecule has 0 aliphatic heterocycles. The van der Waals surface area contributed by atoms with Crippen molar-refractivity contribution < 1.29 is 139 Å². The summed E-state index contributed by atoms with van der Waals surface area (Å²) in [4.78, 5) is 11.2. The molecule has 1 aromatic heterocycles. The summed E-state index contributed by atoms with van der Waals surface area (Å²) in [7, 11) is -1.00. The molecule has 7 nitrogen and oxygen atoms in total. The van der Waals surface area contributed by atoms with Crippen LogP contribution in [0, 0.1) is 28.5 Å². The monoisotopic (exact) mass is 649 g/mol. The normalized spacial score (nSPS) is 9.29. The Hall–Kier alpha value is -1.40. The summed E-state index contributed by atoms with van der Waals surface area (Å²) in [6, 6.07) is 24.0. The molecular formula is C28H18Cl2F2K2N2O5. The maximum absolute atomic E-state index is 13.9. The van der Waals surface area contributed by atoms with Crippen molar-refractivity contribution in [3.8, 4) is 29.0 Å². The van der Waals surface area contributed by atoms with Gasteiger partial charge in [0.15, 0.2) is 11.2 Å². The van der Waals surface area contributed by atoms with Gasteiger partial charge in [-0.2, -0.15) is 10.5 Å². The van der Waals surface area contributed by atoms with E-state index < -0.39 is 13.0 Å². The Morgan fingerprint density at radius 3 is 1.98 bits per heavy atom. The van der Waals surface area contributed by atoms with Gasteiger partial charge in [0.25, 0.3) is 6.47 Å². The number of nitriles is 2. The van der Waals surface area contributed by atoms with Crippen molar-refractivity contribution in [1.29, 1.82) is 10.5 Å². The molecule has 1 N–H and O–H groups in total. The molecule has 5 aromatic rings. The zero-order valence-corrected chi connectivity index (χ0v) is 29.5. The summed E-state index contributed by atoms with van der Waals surface area (Å²) in [6.07, 6.45) is 0. The number of rotatable bonds is 2. The van der Waals surface area contributed by atoms with Crippen molar-refractivity contribution in [2.75, 3.05) is 7.15 Å². The molecule has 1 heterocycles. The van der Waals surface area contributed by atoms with Crippen LogP contribution in [0.2, 0.25) is 10.0 Å². The van der Waals surface area contributed by atoms with Crippen LogP contribution in [0.25, 0.3) is 33.1 Å². The molecule has 200 valence electrons. The van der Waals surface area contributed by atoms with Gasteiger partial charge in [0, 0.05) is 21.9 Å². The molecule has 4 aromatic carbocycles. The quantitative estimate of drug-likeness (QED) is 0.131. The smallest absolute Gasteiger partial charge is 1.00 e. The van der Waals surface area contributed by atoms with Gasteiger partial charge in [0.05, 0.1) is 29.7 Å². The van der Waals surface area contributed by atoms with Crippen LogP contribution < -0.4 is 108 Å². The van der Waals surface area contributed by atoms with Crippen molar-refractivity contribution >= 4 is 51.6 Å². The molecule has 5 rings (SSSR count). The number of aromatic hydroxyl groups is 1. The summed E-state index contributed by atoms with van der Waals surface area (Å²) in [6.45, 7) is -0.181. The maximum atomic E-state index is 13.9. The molecular weight excluding hydrogens is 631 g/mol. The fourth-order valence-electron chi connectivity index (χ4n) is 3.43. The summed E-state index contributed by atoms with van der Waals surface area (Å²) in [5, 5.41) is 38.5. The van der Waals surface area contributed by atoms with E-state index in [0.29, 0.717) is 21.8 Å². The number of furan rings is 1. The van der Waals surface area contributed by atoms with Crippen LogP contribution in [0.15, 0.2) is 77.2 Å². The number of benzene rings is 4. The van der Waals surface area contributed by atoms with Crippen LogP contribution in [0.4, 0.5) is 8.78 Å². The summed E-state index contributed by atoms with van der Waals surface area (Å²) in [5.41, 5.74) is 2.14. The summed E-state index contributed by atoms with van der Waals surface area (Å²) >= 11 is 11.8. The van der Waals surface area contributed by atoms with Gasteiger partial charge in [-0.15, -0.1) is 0 Å². The van der Waals surface area contributed by atoms with Gasteiger partial charge in [-0.25, -0.2) is 4.39 Å². The Labute approximate surface area is 331 Å². The van der Waals surface area contributed by atoms with Gasteiger partial charge in [-0.1, -0.05) is 71.7 Å². The largest absolute Gasteiger partial charge is 1.00 e.